The van der Waals surface area contributed by atoms with Crippen LogP contribution in [0.1, 0.15) is 0 Å². The number of rotatable bonds is 1. The summed E-state index contributed by atoms with van der Waals surface area (Å²) in [5, 5.41) is 0. The van der Waals surface area contributed by atoms with Crippen molar-refractivity contribution in [3.63, 3.8) is 0 Å². The smallest absolute Gasteiger partial charge is 0.197 e. The van der Waals surface area contributed by atoms with Crippen LogP contribution < -0.4 is 0 Å². The first-order valence-electron chi connectivity index (χ1n) is 3.69. The van der Waals surface area contributed by atoms with Gasteiger partial charge >= 0.3 is 21.0 Å². The Morgan fingerprint density at radius 3 is 1.19 bits per heavy atom. The Hall–Kier alpha value is -1.46. The summed E-state index contributed by atoms with van der Waals surface area (Å²) in [6, 6.07) is 3.51. The molecular weight excluding hydrogens is 243 g/mol. The maximum Gasteiger partial charge on any atom is 0.197 e. The molecule has 0 radical (unpaired) electrons. The van der Waals surface area contributed by atoms with Crippen molar-refractivity contribution in [2.75, 3.05) is 0 Å². The van der Waals surface area contributed by atoms with Crippen molar-refractivity contribution < 1.29 is 21.0 Å². The van der Waals surface area contributed by atoms with Gasteiger partial charge in [0.1, 0.15) is 0 Å². The fourth-order valence-electron chi connectivity index (χ4n) is 0.829. The Kier molecular flexibility index (Phi) is 10.7. The van der Waals surface area contributed by atoms with E-state index in [1.54, 1.807) is 36.9 Å². The van der Waals surface area contributed by atoms with Gasteiger partial charge in [0.2, 0.25) is 0 Å². The summed E-state index contributed by atoms with van der Waals surface area (Å²) >= 11 is 1.06. The summed E-state index contributed by atoms with van der Waals surface area (Å²) < 4.78 is 8.19. The molecule has 83 valence electrons. The van der Waals surface area contributed by atoms with Crippen LogP contribution in [0.2, 0.25) is 0 Å². The van der Waals surface area contributed by atoms with Crippen LogP contribution in [-0.4, -0.2) is 19.9 Å². The Labute approximate surface area is 105 Å². The molecule has 0 aliphatic heterocycles. The van der Waals surface area contributed by atoms with Crippen molar-refractivity contribution in [3.8, 4) is 11.6 Å². The molecule has 0 fully saturated rings. The zero-order valence-corrected chi connectivity index (χ0v) is 10.5. The summed E-state index contributed by atoms with van der Waals surface area (Å²) in [7, 11) is 0. The summed E-state index contributed by atoms with van der Waals surface area (Å²) in [5.41, 5.74) is 0. The zero-order valence-electron chi connectivity index (χ0n) is 9.11. The van der Waals surface area contributed by atoms with E-state index in [4.69, 9.17) is 3.67 Å². The predicted octanol–water partition coefficient (Wildman–Crippen LogP) is 1.71. The average Bonchev–Trinajstić information content (AvgIpc) is 2.34. The van der Waals surface area contributed by atoms with E-state index in [-0.39, 0.29) is 14.9 Å². The minimum Gasteiger partial charge on any atom is -0.234 e. The third kappa shape index (κ3) is 4.86. The van der Waals surface area contributed by atoms with Crippen molar-refractivity contribution in [2.45, 2.75) is 0 Å². The van der Waals surface area contributed by atoms with Crippen molar-refractivity contribution in [1.29, 1.82) is 0 Å². The normalized spacial score (nSPS) is 7.62. The van der Waals surface area contributed by atoms with Gasteiger partial charge in [0.15, 0.2) is 11.6 Å². The molecule has 0 aliphatic carbocycles. The van der Waals surface area contributed by atoms with Crippen LogP contribution in [0.4, 0.5) is 0 Å². The van der Waals surface area contributed by atoms with Crippen LogP contribution in [-0.2, 0) is 21.0 Å². The molecule has 5 nitrogen and oxygen atoms in total. The molecule has 6 heteroatoms. The van der Waals surface area contributed by atoms with Gasteiger partial charge in [0, 0.05) is 24.8 Å². The molecule has 0 bridgehead atoms. The van der Waals surface area contributed by atoms with Gasteiger partial charge in [-0.05, 0) is 12.1 Å². The number of hydrogen-bond acceptors (Lipinski definition) is 5. The Bertz CT molecular complexity index is 334. The third-order valence-corrected chi connectivity index (χ3v) is 1.33. The number of aromatic nitrogens is 4. The third-order valence-electron chi connectivity index (χ3n) is 1.33. The monoisotopic (exact) mass is 255 g/mol. The molecule has 0 spiro atoms. The van der Waals surface area contributed by atoms with E-state index in [0.717, 1.165) is 17.4 Å². The molecule has 0 unspecified atom stereocenters. The summed E-state index contributed by atoms with van der Waals surface area (Å²) in [6.45, 7) is 0. The molecule has 0 atom stereocenters. The first kappa shape index (κ1) is 17.0. The van der Waals surface area contributed by atoms with E-state index in [1.165, 1.54) is 0 Å². The summed E-state index contributed by atoms with van der Waals surface area (Å²) in [6.07, 6.45) is 6.66. The molecule has 0 aliphatic rings. The molecule has 0 amide bonds. The Morgan fingerprint density at radius 1 is 0.688 bits per heavy atom. The predicted molar refractivity (Wildman–Crippen MR) is 56.6 cm³/mol. The van der Waals surface area contributed by atoms with Crippen LogP contribution in [0.25, 0.3) is 11.6 Å². The average molecular weight is 255 g/mol. The van der Waals surface area contributed by atoms with Crippen LogP contribution in [0.15, 0.2) is 36.9 Å². The number of hydrogen-bond donors (Lipinski definition) is 0. The molecule has 2 aromatic heterocycles. The van der Waals surface area contributed by atoms with Crippen LogP contribution in [0, 0.1) is 14.9 Å². The summed E-state index contributed by atoms with van der Waals surface area (Å²) in [5.74, 6) is 1.11. The van der Waals surface area contributed by atoms with Gasteiger partial charge in [-0.3, -0.25) is 0 Å². The molecule has 0 N–H and O–H groups in total. The minimum atomic E-state index is 0. The molecule has 16 heavy (non-hydrogen) atoms. The molecule has 0 saturated heterocycles. The first-order chi connectivity index (χ1) is 6.97. The Balaban J connectivity index is 0. The van der Waals surface area contributed by atoms with Crippen LogP contribution in [0.5, 0.6) is 0 Å². The molecule has 2 rings (SSSR count). The van der Waals surface area contributed by atoms with E-state index in [1.807, 2.05) is 0 Å². The van der Waals surface area contributed by atoms with Gasteiger partial charge in [-0.2, -0.15) is 0 Å². The van der Waals surface area contributed by atoms with Crippen molar-refractivity contribution in [1.82, 2.24) is 19.9 Å². The van der Waals surface area contributed by atoms with Gasteiger partial charge in [0.05, 0.1) is 0 Å². The second-order valence-corrected chi connectivity index (χ2v) is 2.14. The van der Waals surface area contributed by atoms with E-state index < -0.39 is 0 Å². The van der Waals surface area contributed by atoms with E-state index in [2.05, 4.69) is 19.9 Å². The van der Waals surface area contributed by atoms with Crippen LogP contribution in [0.3, 0.4) is 0 Å². The van der Waals surface area contributed by atoms with Crippen LogP contribution >= 0.6 is 0 Å². The topological polar surface area (TPSA) is 68.6 Å². The molecule has 0 aromatic carbocycles. The van der Waals surface area contributed by atoms with Gasteiger partial charge in [0.25, 0.3) is 0 Å². The van der Waals surface area contributed by atoms with Gasteiger partial charge in [-0.25, -0.2) is 19.9 Å². The molecule has 2 heterocycles. The maximum atomic E-state index is 8.19. The van der Waals surface area contributed by atoms with Crippen molar-refractivity contribution in [3.05, 3.63) is 51.8 Å². The van der Waals surface area contributed by atoms with Crippen molar-refractivity contribution >= 4 is 0 Å². The minimum absolute atomic E-state index is 0. The summed E-state index contributed by atoms with van der Waals surface area (Å²) in [4.78, 5) is 16.1. The van der Waals surface area contributed by atoms with Gasteiger partial charge in [-0.15, -0.1) is 0 Å². The largest absolute Gasteiger partial charge is 0.234 e. The van der Waals surface area contributed by atoms with Gasteiger partial charge < -0.3 is 14.9 Å². The van der Waals surface area contributed by atoms with Crippen molar-refractivity contribution in [2.24, 2.45) is 0 Å². The maximum absolute atomic E-state index is 8.19. The fourth-order valence-corrected chi connectivity index (χ4v) is 0.829. The van der Waals surface area contributed by atoms with E-state index in [9.17, 15) is 0 Å². The van der Waals surface area contributed by atoms with Gasteiger partial charge in [-0.1, -0.05) is 0 Å². The van der Waals surface area contributed by atoms with E-state index >= 15 is 0 Å². The molecular formula is C10H12N4OV. The molecule has 0 saturated carbocycles. The SMILES string of the molecule is [CH3-].[CH3-].[O]=[V+2].c1cnc(-c2ncccn2)nc1. The quantitative estimate of drug-likeness (QED) is 0.725. The fraction of sp³-hybridized carbons (Fsp3) is 0. The second kappa shape index (κ2) is 10.1. The zero-order chi connectivity index (χ0) is 10.2. The molecule has 2 aromatic rings. The number of nitrogens with zero attached hydrogens (tertiary/aromatic N) is 4. The Morgan fingerprint density at radius 2 is 0.938 bits per heavy atom. The second-order valence-electron chi connectivity index (χ2n) is 2.14. The van der Waals surface area contributed by atoms with E-state index in [0.29, 0.717) is 11.6 Å². The standard InChI is InChI=1S/C8H6N4.2CH3.O.V/c1-3-9-7(10-4-1)8-11-5-2-6-12-8;;;;/h1-6H;2*1H3;;/q;2*-1;;+2. The first-order valence-corrected chi connectivity index (χ1v) is 4.26.